The van der Waals surface area contributed by atoms with Gasteiger partial charge < -0.3 is 24.2 Å². The average molecular weight is 555 g/mol. The molecule has 1 unspecified atom stereocenters. The first kappa shape index (κ1) is 28.5. The van der Waals surface area contributed by atoms with E-state index in [4.69, 9.17) is 19.4 Å². The minimum atomic E-state index is -0.259. The molecule has 0 saturated carbocycles. The van der Waals surface area contributed by atoms with Crippen molar-refractivity contribution in [3.05, 3.63) is 71.4 Å². The zero-order valence-corrected chi connectivity index (χ0v) is 24.2. The van der Waals surface area contributed by atoms with Crippen LogP contribution in [0.3, 0.4) is 0 Å². The summed E-state index contributed by atoms with van der Waals surface area (Å²) in [5.74, 6) is 0.606. The van der Waals surface area contributed by atoms with E-state index in [0.717, 1.165) is 35.6 Å². The molecule has 1 fully saturated rings. The number of anilines is 1. The van der Waals surface area contributed by atoms with E-state index in [1.54, 1.807) is 4.90 Å². The number of nitrogens with zero attached hydrogens (tertiary/aromatic N) is 6. The molecule has 0 spiro atoms. The van der Waals surface area contributed by atoms with Crippen molar-refractivity contribution in [2.45, 2.75) is 44.9 Å². The standard InChI is InChI=1S/C32H38N6O3/c1-5-29(39)38-17-16-37(20-24(38)13-14-33)31-26-21-41-28(25-12-7-11-23-10-6-9-22(2)30(23)25)19-27(26)34-32(35-31)40-18-8-15-36(3)4/h5-7,9-12,24,28H,1,8,13,15-21H2,2-4H3/t24-,28?/m0/s1. The number of aromatic nitrogens is 2. The average Bonchev–Trinajstić information content (AvgIpc) is 2.98. The van der Waals surface area contributed by atoms with Crippen LogP contribution in [0.25, 0.3) is 10.8 Å². The Labute approximate surface area is 242 Å². The highest BCUT2D eigenvalue weighted by atomic mass is 16.5. The predicted molar refractivity (Wildman–Crippen MR) is 159 cm³/mol. The van der Waals surface area contributed by atoms with E-state index in [1.807, 2.05) is 14.1 Å². The van der Waals surface area contributed by atoms with Crippen molar-refractivity contribution < 1.29 is 14.3 Å². The molecule has 9 heteroatoms. The van der Waals surface area contributed by atoms with Crippen LogP contribution in [-0.2, 0) is 22.6 Å². The fourth-order valence-electron chi connectivity index (χ4n) is 5.87. The number of nitriles is 1. The van der Waals surface area contributed by atoms with Gasteiger partial charge in [0.25, 0.3) is 0 Å². The van der Waals surface area contributed by atoms with Gasteiger partial charge in [0.2, 0.25) is 5.91 Å². The van der Waals surface area contributed by atoms with Gasteiger partial charge in [0.05, 0.1) is 43.5 Å². The van der Waals surface area contributed by atoms with Crippen LogP contribution in [-0.4, -0.2) is 78.6 Å². The molecule has 1 saturated heterocycles. The molecule has 5 rings (SSSR count). The topological polar surface area (TPSA) is 94.8 Å². The number of piperazine rings is 1. The second-order valence-corrected chi connectivity index (χ2v) is 11.0. The van der Waals surface area contributed by atoms with Crippen molar-refractivity contribution in [2.75, 3.05) is 51.8 Å². The van der Waals surface area contributed by atoms with Gasteiger partial charge in [0.1, 0.15) is 5.82 Å². The number of hydrogen-bond acceptors (Lipinski definition) is 8. The third kappa shape index (κ3) is 6.19. The minimum Gasteiger partial charge on any atom is -0.463 e. The number of ether oxygens (including phenoxy) is 2. The first-order chi connectivity index (χ1) is 19.9. The maximum atomic E-state index is 12.5. The molecule has 2 aliphatic heterocycles. The predicted octanol–water partition coefficient (Wildman–Crippen LogP) is 4.20. The first-order valence-corrected chi connectivity index (χ1v) is 14.2. The molecular weight excluding hydrogens is 516 g/mol. The summed E-state index contributed by atoms with van der Waals surface area (Å²) in [5.41, 5.74) is 4.24. The van der Waals surface area contributed by atoms with Crippen LogP contribution in [0, 0.1) is 18.3 Å². The molecule has 3 aromatic rings. The van der Waals surface area contributed by atoms with E-state index in [0.29, 0.717) is 45.3 Å². The van der Waals surface area contributed by atoms with Crippen LogP contribution in [0.1, 0.15) is 41.3 Å². The summed E-state index contributed by atoms with van der Waals surface area (Å²) in [6, 6.07) is 15.1. The molecular formula is C32H38N6O3. The second kappa shape index (κ2) is 12.7. The van der Waals surface area contributed by atoms with Gasteiger partial charge in [-0.3, -0.25) is 4.79 Å². The SMILES string of the molecule is C=CC(=O)N1CCN(c2nc(OCCCN(C)C)nc3c2COC(c2cccc4cccc(C)c24)C3)C[C@@H]1CC#N. The number of carbonyl (C=O) groups is 1. The van der Waals surface area contributed by atoms with Crippen LogP contribution in [0.4, 0.5) is 5.82 Å². The molecule has 0 N–H and O–H groups in total. The molecule has 214 valence electrons. The minimum absolute atomic E-state index is 0.148. The summed E-state index contributed by atoms with van der Waals surface area (Å²) in [6.45, 7) is 9.11. The molecule has 2 atom stereocenters. The molecule has 1 aromatic heterocycles. The third-order valence-corrected chi connectivity index (χ3v) is 7.90. The van der Waals surface area contributed by atoms with Gasteiger partial charge in [-0.15, -0.1) is 0 Å². The van der Waals surface area contributed by atoms with Crippen LogP contribution in [0.15, 0.2) is 49.1 Å². The first-order valence-electron chi connectivity index (χ1n) is 14.2. The van der Waals surface area contributed by atoms with E-state index in [2.05, 4.69) is 65.8 Å². The van der Waals surface area contributed by atoms with E-state index < -0.39 is 0 Å². The van der Waals surface area contributed by atoms with Crippen molar-refractivity contribution in [1.29, 1.82) is 5.26 Å². The fraction of sp³-hybridized carbons (Fsp3) is 0.438. The van der Waals surface area contributed by atoms with Gasteiger partial charge >= 0.3 is 6.01 Å². The fourth-order valence-corrected chi connectivity index (χ4v) is 5.87. The summed E-state index contributed by atoms with van der Waals surface area (Å²) in [4.78, 5) is 28.2. The van der Waals surface area contributed by atoms with Crippen LogP contribution < -0.4 is 9.64 Å². The summed E-state index contributed by atoms with van der Waals surface area (Å²) in [7, 11) is 4.08. The Morgan fingerprint density at radius 3 is 2.80 bits per heavy atom. The van der Waals surface area contributed by atoms with E-state index in [1.165, 1.54) is 22.4 Å². The van der Waals surface area contributed by atoms with Crippen molar-refractivity contribution in [2.24, 2.45) is 0 Å². The smallest absolute Gasteiger partial charge is 0.318 e. The van der Waals surface area contributed by atoms with Gasteiger partial charge in [0, 0.05) is 38.2 Å². The zero-order chi connectivity index (χ0) is 28.9. The molecule has 1 amide bonds. The lowest BCUT2D eigenvalue weighted by molar-refractivity contribution is -0.128. The third-order valence-electron chi connectivity index (χ3n) is 7.90. The largest absolute Gasteiger partial charge is 0.463 e. The number of carbonyl (C=O) groups excluding carboxylic acids is 1. The zero-order valence-electron chi connectivity index (χ0n) is 24.2. The number of benzene rings is 2. The Bertz CT molecular complexity index is 1460. The number of amides is 1. The lowest BCUT2D eigenvalue weighted by Crippen LogP contribution is -2.55. The van der Waals surface area contributed by atoms with E-state index in [9.17, 15) is 10.1 Å². The molecule has 2 aromatic carbocycles. The Hall–Kier alpha value is -4.00. The second-order valence-electron chi connectivity index (χ2n) is 11.0. The van der Waals surface area contributed by atoms with Gasteiger partial charge in [-0.1, -0.05) is 43.0 Å². The van der Waals surface area contributed by atoms with Gasteiger partial charge in [-0.05, 0) is 55.4 Å². The lowest BCUT2D eigenvalue weighted by atomic mass is 9.92. The molecule has 0 bridgehead atoms. The number of fused-ring (bicyclic) bond motifs is 2. The summed E-state index contributed by atoms with van der Waals surface area (Å²) in [6.07, 6.45) is 2.86. The van der Waals surface area contributed by atoms with Crippen molar-refractivity contribution in [3.63, 3.8) is 0 Å². The number of hydrogen-bond donors (Lipinski definition) is 0. The monoisotopic (exact) mass is 554 g/mol. The number of rotatable bonds is 9. The highest BCUT2D eigenvalue weighted by Gasteiger charge is 2.34. The Morgan fingerprint density at radius 2 is 2.05 bits per heavy atom. The van der Waals surface area contributed by atoms with Crippen LogP contribution in [0.2, 0.25) is 0 Å². The lowest BCUT2D eigenvalue weighted by Gasteiger charge is -2.41. The Morgan fingerprint density at radius 1 is 1.24 bits per heavy atom. The molecule has 9 nitrogen and oxygen atoms in total. The molecule has 41 heavy (non-hydrogen) atoms. The Balaban J connectivity index is 1.48. The number of aryl methyl sites for hydroxylation is 1. The van der Waals surface area contributed by atoms with Gasteiger partial charge in [0.15, 0.2) is 0 Å². The highest BCUT2D eigenvalue weighted by Crippen LogP contribution is 2.38. The normalized spacial score (nSPS) is 18.7. The molecule has 0 radical (unpaired) electrons. The van der Waals surface area contributed by atoms with Gasteiger partial charge in [-0.2, -0.15) is 15.2 Å². The van der Waals surface area contributed by atoms with Crippen molar-refractivity contribution >= 4 is 22.5 Å². The van der Waals surface area contributed by atoms with E-state index in [-0.39, 0.29) is 24.5 Å². The van der Waals surface area contributed by atoms with E-state index >= 15 is 0 Å². The summed E-state index contributed by atoms with van der Waals surface area (Å²) >= 11 is 0. The Kier molecular flexibility index (Phi) is 8.81. The van der Waals surface area contributed by atoms with Crippen molar-refractivity contribution in [1.82, 2.24) is 19.8 Å². The van der Waals surface area contributed by atoms with Crippen molar-refractivity contribution in [3.8, 4) is 12.1 Å². The quantitative estimate of drug-likeness (QED) is 0.287. The maximum absolute atomic E-state index is 12.5. The highest BCUT2D eigenvalue weighted by molar-refractivity contribution is 5.89. The van der Waals surface area contributed by atoms with Crippen LogP contribution in [0.5, 0.6) is 6.01 Å². The summed E-state index contributed by atoms with van der Waals surface area (Å²) in [5, 5.41) is 11.9. The van der Waals surface area contributed by atoms with Gasteiger partial charge in [-0.25, -0.2) is 0 Å². The molecule has 3 heterocycles. The maximum Gasteiger partial charge on any atom is 0.318 e. The van der Waals surface area contributed by atoms with Crippen LogP contribution >= 0.6 is 0 Å². The molecule has 0 aliphatic carbocycles. The summed E-state index contributed by atoms with van der Waals surface area (Å²) < 4.78 is 12.6. The molecule has 2 aliphatic rings.